The summed E-state index contributed by atoms with van der Waals surface area (Å²) in [5.74, 6) is -0.471. The number of nitrogens with one attached hydrogen (secondary N) is 2. The molecule has 94 valence electrons. The highest BCUT2D eigenvalue weighted by atomic mass is 16.4. The van der Waals surface area contributed by atoms with Crippen molar-refractivity contribution in [2.75, 3.05) is 0 Å². The van der Waals surface area contributed by atoms with Gasteiger partial charge >= 0.3 is 5.97 Å². The second-order valence-corrected chi connectivity index (χ2v) is 4.50. The van der Waals surface area contributed by atoms with Crippen LogP contribution in [-0.4, -0.2) is 17.1 Å². The van der Waals surface area contributed by atoms with Crippen molar-refractivity contribution < 1.29 is 9.90 Å². The highest BCUT2D eigenvalue weighted by Crippen LogP contribution is 2.04. The third kappa shape index (κ3) is 5.47. The largest absolute Gasteiger partial charge is 0.480 e. The fourth-order valence-electron chi connectivity index (χ4n) is 1.57. The molecular formula is C13H20N2O2. The molecule has 1 atom stereocenters. The van der Waals surface area contributed by atoms with Gasteiger partial charge in [0.25, 0.3) is 0 Å². The molecule has 4 nitrogen and oxygen atoms in total. The van der Waals surface area contributed by atoms with Crippen LogP contribution in [0.3, 0.4) is 0 Å². The summed E-state index contributed by atoms with van der Waals surface area (Å²) >= 11 is 0. The van der Waals surface area contributed by atoms with Gasteiger partial charge in [0, 0.05) is 6.54 Å². The first-order chi connectivity index (χ1) is 8.09. The van der Waals surface area contributed by atoms with Crippen LogP contribution in [-0.2, 0) is 11.3 Å². The molecule has 0 fully saturated rings. The number of hydrazine groups is 1. The molecule has 0 radical (unpaired) electrons. The van der Waals surface area contributed by atoms with Crippen LogP contribution in [0.5, 0.6) is 0 Å². The summed E-state index contributed by atoms with van der Waals surface area (Å²) in [4.78, 5) is 11.0. The van der Waals surface area contributed by atoms with Crippen LogP contribution in [0.15, 0.2) is 30.3 Å². The van der Waals surface area contributed by atoms with Crippen LogP contribution >= 0.6 is 0 Å². The lowest BCUT2D eigenvalue weighted by atomic mass is 10.0. The van der Waals surface area contributed by atoms with Crippen molar-refractivity contribution in [1.29, 1.82) is 0 Å². The van der Waals surface area contributed by atoms with E-state index < -0.39 is 12.0 Å². The molecule has 0 aliphatic carbocycles. The fourth-order valence-corrected chi connectivity index (χ4v) is 1.57. The maximum absolute atomic E-state index is 11.0. The summed E-state index contributed by atoms with van der Waals surface area (Å²) < 4.78 is 0. The topological polar surface area (TPSA) is 61.4 Å². The normalized spacial score (nSPS) is 12.6. The molecule has 0 heterocycles. The number of aliphatic carboxylic acids is 1. The number of carbonyl (C=O) groups is 1. The molecule has 0 saturated carbocycles. The summed E-state index contributed by atoms with van der Waals surface area (Å²) in [6, 6.07) is 9.31. The Morgan fingerprint density at radius 2 is 1.94 bits per heavy atom. The fraction of sp³-hybridized carbons (Fsp3) is 0.462. The van der Waals surface area contributed by atoms with Gasteiger partial charge in [-0.05, 0) is 17.9 Å². The Hall–Kier alpha value is -1.39. The van der Waals surface area contributed by atoms with E-state index in [2.05, 4.69) is 10.9 Å². The second-order valence-electron chi connectivity index (χ2n) is 4.50. The number of carboxylic acids is 1. The molecule has 4 heteroatoms. The van der Waals surface area contributed by atoms with Crippen LogP contribution in [0.4, 0.5) is 0 Å². The van der Waals surface area contributed by atoms with E-state index in [0.29, 0.717) is 18.9 Å². The van der Waals surface area contributed by atoms with E-state index in [0.717, 1.165) is 5.56 Å². The monoisotopic (exact) mass is 236 g/mol. The molecule has 0 amide bonds. The van der Waals surface area contributed by atoms with E-state index >= 15 is 0 Å². The molecule has 0 unspecified atom stereocenters. The minimum absolute atomic E-state index is 0.349. The van der Waals surface area contributed by atoms with Crippen molar-refractivity contribution in [3.63, 3.8) is 0 Å². The van der Waals surface area contributed by atoms with Crippen LogP contribution in [0.25, 0.3) is 0 Å². The Bertz CT molecular complexity index is 339. The average molecular weight is 236 g/mol. The Balaban J connectivity index is 2.35. The number of hydrogen-bond acceptors (Lipinski definition) is 3. The predicted molar refractivity (Wildman–Crippen MR) is 67.3 cm³/mol. The molecule has 17 heavy (non-hydrogen) atoms. The molecule has 3 N–H and O–H groups in total. The first-order valence-electron chi connectivity index (χ1n) is 5.84. The van der Waals surface area contributed by atoms with Gasteiger partial charge in [-0.25, -0.2) is 5.43 Å². The minimum atomic E-state index is -0.820. The van der Waals surface area contributed by atoms with Gasteiger partial charge in [0.2, 0.25) is 0 Å². The van der Waals surface area contributed by atoms with Crippen molar-refractivity contribution in [2.24, 2.45) is 5.92 Å². The molecule has 0 aliphatic rings. The second kappa shape index (κ2) is 7.04. The molecule has 0 aliphatic heterocycles. The first kappa shape index (κ1) is 13.7. The van der Waals surface area contributed by atoms with Crippen LogP contribution < -0.4 is 10.9 Å². The summed E-state index contributed by atoms with van der Waals surface area (Å²) in [5.41, 5.74) is 6.93. The number of rotatable bonds is 7. The lowest BCUT2D eigenvalue weighted by molar-refractivity contribution is -0.140. The smallest absolute Gasteiger partial charge is 0.322 e. The van der Waals surface area contributed by atoms with Crippen molar-refractivity contribution in [2.45, 2.75) is 32.9 Å². The van der Waals surface area contributed by atoms with Gasteiger partial charge in [-0.15, -0.1) is 0 Å². The van der Waals surface area contributed by atoms with Gasteiger partial charge in [-0.2, -0.15) is 0 Å². The summed E-state index contributed by atoms with van der Waals surface area (Å²) in [7, 11) is 0. The van der Waals surface area contributed by atoms with E-state index in [1.807, 2.05) is 44.2 Å². The van der Waals surface area contributed by atoms with Crippen molar-refractivity contribution >= 4 is 5.97 Å². The zero-order valence-electron chi connectivity index (χ0n) is 10.3. The SMILES string of the molecule is CC(C)C[C@H](NNCc1ccccc1)C(=O)O. The number of hydrogen-bond donors (Lipinski definition) is 3. The van der Waals surface area contributed by atoms with E-state index in [4.69, 9.17) is 5.11 Å². The molecular weight excluding hydrogens is 216 g/mol. The molecule has 1 aromatic rings. The zero-order valence-corrected chi connectivity index (χ0v) is 10.3. The third-order valence-electron chi connectivity index (χ3n) is 2.42. The quantitative estimate of drug-likeness (QED) is 0.632. The summed E-state index contributed by atoms with van der Waals surface area (Å²) in [6.45, 7) is 4.63. The van der Waals surface area contributed by atoms with Gasteiger partial charge < -0.3 is 5.11 Å². The predicted octanol–water partition coefficient (Wildman–Crippen LogP) is 1.78. The van der Waals surface area contributed by atoms with Gasteiger partial charge in [0.15, 0.2) is 0 Å². The molecule has 0 spiro atoms. The molecule has 0 aromatic heterocycles. The Morgan fingerprint density at radius 3 is 2.47 bits per heavy atom. The van der Waals surface area contributed by atoms with Crippen molar-refractivity contribution in [3.05, 3.63) is 35.9 Å². The first-order valence-corrected chi connectivity index (χ1v) is 5.84. The van der Waals surface area contributed by atoms with E-state index in [1.54, 1.807) is 0 Å². The maximum atomic E-state index is 11.0. The number of benzene rings is 1. The van der Waals surface area contributed by atoms with Gasteiger partial charge in [0.1, 0.15) is 6.04 Å². The molecule has 0 saturated heterocycles. The van der Waals surface area contributed by atoms with Crippen LogP contribution in [0.2, 0.25) is 0 Å². The van der Waals surface area contributed by atoms with Crippen LogP contribution in [0, 0.1) is 5.92 Å². The standard InChI is InChI=1S/C13H20N2O2/c1-10(2)8-12(13(16)17)15-14-9-11-6-4-3-5-7-11/h3-7,10,12,14-15H,8-9H2,1-2H3,(H,16,17)/t12-/m0/s1. The number of carboxylic acid groups (broad SMARTS) is 1. The lowest BCUT2D eigenvalue weighted by Crippen LogP contribution is -2.45. The minimum Gasteiger partial charge on any atom is -0.480 e. The maximum Gasteiger partial charge on any atom is 0.322 e. The van der Waals surface area contributed by atoms with E-state index in [9.17, 15) is 4.79 Å². The van der Waals surface area contributed by atoms with Crippen molar-refractivity contribution in [1.82, 2.24) is 10.9 Å². The molecule has 0 bridgehead atoms. The van der Waals surface area contributed by atoms with Gasteiger partial charge in [0.05, 0.1) is 0 Å². The Kier molecular flexibility index (Phi) is 5.66. The van der Waals surface area contributed by atoms with E-state index in [1.165, 1.54) is 0 Å². The molecule has 1 aromatic carbocycles. The zero-order chi connectivity index (χ0) is 12.7. The summed E-state index contributed by atoms with van der Waals surface area (Å²) in [5, 5.41) is 9.02. The average Bonchev–Trinajstić information content (AvgIpc) is 2.28. The highest BCUT2D eigenvalue weighted by Gasteiger charge is 2.17. The highest BCUT2D eigenvalue weighted by molar-refractivity contribution is 5.73. The Labute approximate surface area is 102 Å². The van der Waals surface area contributed by atoms with E-state index in [-0.39, 0.29) is 0 Å². The third-order valence-corrected chi connectivity index (χ3v) is 2.42. The van der Waals surface area contributed by atoms with Gasteiger partial charge in [-0.3, -0.25) is 10.2 Å². The Morgan fingerprint density at radius 1 is 1.29 bits per heavy atom. The lowest BCUT2D eigenvalue weighted by Gasteiger charge is -2.17. The summed E-state index contributed by atoms with van der Waals surface area (Å²) in [6.07, 6.45) is 0.608. The molecule has 1 rings (SSSR count). The van der Waals surface area contributed by atoms with Gasteiger partial charge in [-0.1, -0.05) is 44.2 Å². The van der Waals surface area contributed by atoms with Crippen LogP contribution in [0.1, 0.15) is 25.8 Å². The van der Waals surface area contributed by atoms with Crippen molar-refractivity contribution in [3.8, 4) is 0 Å².